The minimum Gasteiger partial charge on any atom is -0.425 e. The molecule has 22 heavy (non-hydrogen) atoms. The molecule has 1 aromatic carbocycles. The molecule has 0 saturated carbocycles. The molecule has 0 atom stereocenters. The number of carbonyl (C=O) groups is 1. The quantitative estimate of drug-likeness (QED) is 0.607. The molecule has 0 fully saturated rings. The minimum absolute atomic E-state index is 0. The zero-order valence-electron chi connectivity index (χ0n) is 12.0. The summed E-state index contributed by atoms with van der Waals surface area (Å²) < 4.78 is 5.30. The summed E-state index contributed by atoms with van der Waals surface area (Å²) in [4.78, 5) is 15.7. The van der Waals surface area contributed by atoms with E-state index in [1.165, 1.54) is 10.4 Å². The number of nitrogens with zero attached hydrogens (tertiary/aromatic N) is 1. The Morgan fingerprint density at radius 1 is 1.32 bits per heavy atom. The fourth-order valence-electron chi connectivity index (χ4n) is 2.45. The molecule has 2 aromatic rings. The summed E-state index contributed by atoms with van der Waals surface area (Å²) in [5.74, 6) is 0.196. The van der Waals surface area contributed by atoms with Gasteiger partial charge >= 0.3 is 5.97 Å². The van der Waals surface area contributed by atoms with E-state index >= 15 is 0 Å². The Kier molecular flexibility index (Phi) is 6.26. The van der Waals surface area contributed by atoms with Crippen molar-refractivity contribution in [2.45, 2.75) is 19.4 Å². The predicted octanol–water partition coefficient (Wildman–Crippen LogP) is 4.18. The molecular formula is C16H17Cl2NO2S. The summed E-state index contributed by atoms with van der Waals surface area (Å²) in [7, 11) is 0. The lowest BCUT2D eigenvalue weighted by Gasteiger charge is -2.26. The molecular weight excluding hydrogens is 341 g/mol. The molecule has 0 spiro atoms. The van der Waals surface area contributed by atoms with E-state index in [9.17, 15) is 4.79 Å². The first-order valence-corrected chi connectivity index (χ1v) is 8.21. The van der Waals surface area contributed by atoms with Crippen molar-refractivity contribution in [1.82, 2.24) is 4.90 Å². The molecule has 1 aliphatic rings. The maximum Gasteiger partial charge on any atom is 0.312 e. The predicted molar refractivity (Wildman–Crippen MR) is 92.3 cm³/mol. The fraction of sp³-hybridized carbons (Fsp3) is 0.312. The van der Waals surface area contributed by atoms with Crippen LogP contribution in [0.15, 0.2) is 35.7 Å². The van der Waals surface area contributed by atoms with E-state index in [4.69, 9.17) is 16.3 Å². The fourth-order valence-corrected chi connectivity index (χ4v) is 3.51. The van der Waals surface area contributed by atoms with Gasteiger partial charge in [-0.15, -0.1) is 23.7 Å². The Morgan fingerprint density at radius 2 is 2.14 bits per heavy atom. The van der Waals surface area contributed by atoms with Crippen molar-refractivity contribution < 1.29 is 9.53 Å². The zero-order chi connectivity index (χ0) is 14.7. The molecule has 0 bridgehead atoms. The van der Waals surface area contributed by atoms with Gasteiger partial charge in [0, 0.05) is 24.5 Å². The molecule has 0 aliphatic carbocycles. The van der Waals surface area contributed by atoms with Gasteiger partial charge in [-0.1, -0.05) is 23.7 Å². The van der Waals surface area contributed by atoms with Crippen LogP contribution < -0.4 is 4.74 Å². The third kappa shape index (κ3) is 4.23. The second kappa shape index (κ2) is 7.97. The molecule has 3 rings (SSSR count). The normalized spacial score (nSPS) is 14.0. The van der Waals surface area contributed by atoms with E-state index < -0.39 is 0 Å². The van der Waals surface area contributed by atoms with Crippen molar-refractivity contribution in [2.75, 3.05) is 13.1 Å². The molecule has 6 heteroatoms. The molecule has 0 N–H and O–H groups in total. The maximum atomic E-state index is 11.9. The van der Waals surface area contributed by atoms with Crippen LogP contribution in [0.3, 0.4) is 0 Å². The lowest BCUT2D eigenvalue weighted by atomic mass is 10.1. The summed E-state index contributed by atoms with van der Waals surface area (Å²) in [6.45, 7) is 2.66. The molecule has 0 saturated heterocycles. The maximum absolute atomic E-state index is 11.9. The van der Waals surface area contributed by atoms with Crippen molar-refractivity contribution in [2.24, 2.45) is 0 Å². The number of thiophene rings is 1. The third-order valence-corrected chi connectivity index (χ3v) is 4.91. The van der Waals surface area contributed by atoms with E-state index in [2.05, 4.69) is 16.3 Å². The summed E-state index contributed by atoms with van der Waals surface area (Å²) in [6, 6.07) is 9.21. The van der Waals surface area contributed by atoms with Gasteiger partial charge in [0.2, 0.25) is 0 Å². The average Bonchev–Trinajstić information content (AvgIpc) is 2.95. The summed E-state index contributed by atoms with van der Waals surface area (Å²) in [6.07, 6.45) is 1.46. The van der Waals surface area contributed by atoms with Crippen molar-refractivity contribution in [1.29, 1.82) is 0 Å². The van der Waals surface area contributed by atoms with Crippen LogP contribution in [-0.4, -0.2) is 24.0 Å². The highest BCUT2D eigenvalue weighted by atomic mass is 35.5. The van der Waals surface area contributed by atoms with Crippen LogP contribution in [0, 0.1) is 0 Å². The minimum atomic E-state index is -0.237. The largest absolute Gasteiger partial charge is 0.425 e. The Labute approximate surface area is 145 Å². The van der Waals surface area contributed by atoms with Crippen molar-refractivity contribution in [3.05, 3.63) is 51.2 Å². The zero-order valence-corrected chi connectivity index (χ0v) is 14.3. The second-order valence-electron chi connectivity index (χ2n) is 5.05. The number of halogens is 2. The Hall–Kier alpha value is -1.07. The van der Waals surface area contributed by atoms with E-state index in [-0.39, 0.29) is 18.4 Å². The summed E-state index contributed by atoms with van der Waals surface area (Å²) in [5.41, 5.74) is 1.39. The number of ether oxygens (including phenoxy) is 1. The van der Waals surface area contributed by atoms with Gasteiger partial charge in [-0.05, 0) is 35.6 Å². The summed E-state index contributed by atoms with van der Waals surface area (Å²) >= 11 is 7.80. The smallest absolute Gasteiger partial charge is 0.312 e. The Morgan fingerprint density at radius 3 is 2.95 bits per heavy atom. The van der Waals surface area contributed by atoms with Gasteiger partial charge < -0.3 is 4.74 Å². The van der Waals surface area contributed by atoms with Crippen LogP contribution in [0.25, 0.3) is 0 Å². The number of hydrogen-bond acceptors (Lipinski definition) is 4. The number of carbonyl (C=O) groups excluding carboxylic acids is 1. The number of fused-ring (bicyclic) bond motifs is 1. The van der Waals surface area contributed by atoms with Crippen molar-refractivity contribution in [3.8, 4) is 5.75 Å². The van der Waals surface area contributed by atoms with Crippen LogP contribution in [-0.2, 0) is 17.8 Å². The van der Waals surface area contributed by atoms with Gasteiger partial charge in [0.1, 0.15) is 5.75 Å². The number of para-hydroxylation sites is 1. The van der Waals surface area contributed by atoms with Crippen LogP contribution >= 0.6 is 35.3 Å². The molecule has 2 heterocycles. The monoisotopic (exact) mass is 357 g/mol. The number of hydrogen-bond donors (Lipinski definition) is 0. The van der Waals surface area contributed by atoms with Crippen LogP contribution in [0.4, 0.5) is 0 Å². The molecule has 3 nitrogen and oxygen atoms in total. The second-order valence-corrected chi connectivity index (χ2v) is 6.46. The van der Waals surface area contributed by atoms with Crippen LogP contribution in [0.1, 0.15) is 16.9 Å². The van der Waals surface area contributed by atoms with E-state index in [0.29, 0.717) is 17.2 Å². The number of esters is 1. The van der Waals surface area contributed by atoms with Crippen molar-refractivity contribution >= 4 is 41.3 Å². The molecule has 0 radical (unpaired) electrons. The highest BCUT2D eigenvalue weighted by Crippen LogP contribution is 2.25. The van der Waals surface area contributed by atoms with Crippen LogP contribution in [0.2, 0.25) is 5.02 Å². The number of benzene rings is 1. The van der Waals surface area contributed by atoms with E-state index in [1.807, 2.05) is 17.4 Å². The van der Waals surface area contributed by atoms with Gasteiger partial charge in [-0.3, -0.25) is 9.69 Å². The summed E-state index contributed by atoms with van der Waals surface area (Å²) in [5, 5.41) is 2.60. The number of rotatable bonds is 4. The first-order chi connectivity index (χ1) is 10.2. The highest BCUT2D eigenvalue weighted by Gasteiger charge is 2.18. The molecule has 118 valence electrons. The van der Waals surface area contributed by atoms with Gasteiger partial charge in [0.05, 0.1) is 11.4 Å². The standard InChI is InChI=1S/C16H16ClNO2S.ClH/c17-13-3-1-2-4-14(13)20-16(19)6-9-18-8-5-15-12(11-18)7-10-21-15;/h1-4,7,10H,5-6,8-9,11H2;1H. The van der Waals surface area contributed by atoms with Gasteiger partial charge in [0.25, 0.3) is 0 Å². The molecule has 1 aromatic heterocycles. The lowest BCUT2D eigenvalue weighted by Crippen LogP contribution is -2.32. The average molecular weight is 358 g/mol. The molecule has 0 amide bonds. The van der Waals surface area contributed by atoms with E-state index in [1.54, 1.807) is 18.2 Å². The topological polar surface area (TPSA) is 29.5 Å². The van der Waals surface area contributed by atoms with Gasteiger partial charge in [-0.25, -0.2) is 0 Å². The Balaban J connectivity index is 0.00000176. The van der Waals surface area contributed by atoms with Crippen molar-refractivity contribution in [3.63, 3.8) is 0 Å². The van der Waals surface area contributed by atoms with E-state index in [0.717, 1.165) is 26.1 Å². The molecule has 0 unspecified atom stereocenters. The SMILES string of the molecule is Cl.O=C(CCN1CCc2sccc2C1)Oc1ccccc1Cl. The van der Waals surface area contributed by atoms with Gasteiger partial charge in [0.15, 0.2) is 0 Å². The van der Waals surface area contributed by atoms with Crippen LogP contribution in [0.5, 0.6) is 5.75 Å². The first kappa shape index (κ1) is 17.3. The van der Waals surface area contributed by atoms with Gasteiger partial charge in [-0.2, -0.15) is 0 Å². The lowest BCUT2D eigenvalue weighted by molar-refractivity contribution is -0.134. The molecule has 1 aliphatic heterocycles. The highest BCUT2D eigenvalue weighted by molar-refractivity contribution is 7.10. The third-order valence-electron chi connectivity index (χ3n) is 3.58. The Bertz CT molecular complexity index is 645. The first-order valence-electron chi connectivity index (χ1n) is 6.95.